The average molecular weight is 392 g/mol. The van der Waals surface area contributed by atoms with Crippen molar-refractivity contribution in [3.05, 3.63) is 59.7 Å². The fraction of sp³-hybridized carbons (Fsp3) is 0.318. The summed E-state index contributed by atoms with van der Waals surface area (Å²) in [6, 6.07) is 15.0. The van der Waals surface area contributed by atoms with Crippen LogP contribution < -0.4 is 20.9 Å². The van der Waals surface area contributed by atoms with E-state index in [1.807, 2.05) is 18.2 Å². The van der Waals surface area contributed by atoms with Gasteiger partial charge in [0.25, 0.3) is 0 Å². The minimum atomic E-state index is -0.386. The predicted octanol–water partition coefficient (Wildman–Crippen LogP) is 2.74. The van der Waals surface area contributed by atoms with Gasteiger partial charge >= 0.3 is 6.03 Å². The number of anilines is 2. The van der Waals surface area contributed by atoms with Gasteiger partial charge in [0.15, 0.2) is 0 Å². The first kappa shape index (κ1) is 19.0. The standard InChI is InChI=1S/C22H24N4O3/c27-20(24-17-10-5-7-15-6-1-2-8-16(15)17)12-13-23-22(29)26-14-21(28)25-18-9-3-4-11-19(18)26/h1-4,6,8-9,11,17H,5,7,10,12-14H2,(H,23,29)(H,24,27)(H,25,28)/t17-/m1/s1. The number of rotatable bonds is 4. The number of benzene rings is 2. The van der Waals surface area contributed by atoms with Gasteiger partial charge in [0.1, 0.15) is 6.54 Å². The Morgan fingerprint density at radius 1 is 1.10 bits per heavy atom. The van der Waals surface area contributed by atoms with Crippen molar-refractivity contribution in [2.24, 2.45) is 0 Å². The highest BCUT2D eigenvalue weighted by atomic mass is 16.2. The van der Waals surface area contributed by atoms with Crippen molar-refractivity contribution in [3.63, 3.8) is 0 Å². The van der Waals surface area contributed by atoms with Crippen molar-refractivity contribution in [1.29, 1.82) is 0 Å². The van der Waals surface area contributed by atoms with E-state index in [0.717, 1.165) is 19.3 Å². The molecule has 0 saturated heterocycles. The first-order valence-electron chi connectivity index (χ1n) is 9.93. The van der Waals surface area contributed by atoms with E-state index >= 15 is 0 Å². The number of carbonyl (C=O) groups excluding carboxylic acids is 3. The Hall–Kier alpha value is -3.35. The minimum absolute atomic E-state index is 0.0285. The molecule has 4 amide bonds. The molecular formula is C22H24N4O3. The SMILES string of the molecule is O=C1CN(C(=O)NCCC(=O)N[C@@H]2CCCc3ccccc32)c2ccccc2N1. The number of para-hydroxylation sites is 2. The van der Waals surface area contributed by atoms with Crippen molar-refractivity contribution in [1.82, 2.24) is 10.6 Å². The average Bonchev–Trinajstić information content (AvgIpc) is 2.73. The van der Waals surface area contributed by atoms with Gasteiger partial charge in [-0.1, -0.05) is 36.4 Å². The molecular weight excluding hydrogens is 368 g/mol. The lowest BCUT2D eigenvalue weighted by Crippen LogP contribution is -2.47. The van der Waals surface area contributed by atoms with Crippen LogP contribution >= 0.6 is 0 Å². The van der Waals surface area contributed by atoms with Gasteiger partial charge < -0.3 is 16.0 Å². The lowest BCUT2D eigenvalue weighted by molar-refractivity contribution is -0.121. The van der Waals surface area contributed by atoms with Crippen LogP contribution in [0.4, 0.5) is 16.2 Å². The Bertz CT molecular complexity index is 943. The number of amides is 4. The molecule has 1 aliphatic carbocycles. The molecule has 2 aromatic carbocycles. The Morgan fingerprint density at radius 3 is 2.79 bits per heavy atom. The zero-order valence-electron chi connectivity index (χ0n) is 16.1. The molecule has 7 nitrogen and oxygen atoms in total. The van der Waals surface area contributed by atoms with E-state index in [2.05, 4.69) is 28.1 Å². The van der Waals surface area contributed by atoms with Crippen LogP contribution in [0.5, 0.6) is 0 Å². The van der Waals surface area contributed by atoms with Crippen LogP contribution in [0.15, 0.2) is 48.5 Å². The van der Waals surface area contributed by atoms with Crippen LogP contribution in [0, 0.1) is 0 Å². The van der Waals surface area contributed by atoms with Gasteiger partial charge in [0.05, 0.1) is 17.4 Å². The number of fused-ring (bicyclic) bond motifs is 2. The van der Waals surface area contributed by atoms with E-state index in [1.54, 1.807) is 18.2 Å². The Kier molecular flexibility index (Phi) is 5.46. The maximum Gasteiger partial charge on any atom is 0.322 e. The lowest BCUT2D eigenvalue weighted by atomic mass is 9.88. The summed E-state index contributed by atoms with van der Waals surface area (Å²) in [5.74, 6) is -0.337. The second kappa shape index (κ2) is 8.34. The highest BCUT2D eigenvalue weighted by molar-refractivity contribution is 6.09. The van der Waals surface area contributed by atoms with Crippen LogP contribution in [0.2, 0.25) is 0 Å². The van der Waals surface area contributed by atoms with Crippen LogP contribution in [0.1, 0.15) is 36.4 Å². The number of hydrogen-bond donors (Lipinski definition) is 3. The third-order valence-electron chi connectivity index (χ3n) is 5.35. The van der Waals surface area contributed by atoms with Gasteiger partial charge in [0, 0.05) is 13.0 Å². The molecule has 150 valence electrons. The molecule has 29 heavy (non-hydrogen) atoms. The lowest BCUT2D eigenvalue weighted by Gasteiger charge is -2.29. The number of nitrogens with one attached hydrogen (secondary N) is 3. The molecule has 1 heterocycles. The molecule has 1 aliphatic heterocycles. The maximum atomic E-state index is 12.5. The predicted molar refractivity (Wildman–Crippen MR) is 111 cm³/mol. The van der Waals surface area contributed by atoms with E-state index in [1.165, 1.54) is 16.0 Å². The normalized spacial score (nSPS) is 17.6. The molecule has 1 atom stereocenters. The number of aryl methyl sites for hydroxylation is 1. The van der Waals surface area contributed by atoms with Gasteiger partial charge in [-0.15, -0.1) is 0 Å². The van der Waals surface area contributed by atoms with Crippen molar-refractivity contribution >= 4 is 29.2 Å². The third-order valence-corrected chi connectivity index (χ3v) is 5.35. The molecule has 0 radical (unpaired) electrons. The second-order valence-electron chi connectivity index (χ2n) is 7.34. The first-order valence-corrected chi connectivity index (χ1v) is 9.93. The van der Waals surface area contributed by atoms with E-state index in [9.17, 15) is 14.4 Å². The van der Waals surface area contributed by atoms with Gasteiger partial charge in [-0.25, -0.2) is 4.79 Å². The highest BCUT2D eigenvalue weighted by Crippen LogP contribution is 2.30. The van der Waals surface area contributed by atoms with Crippen LogP contribution in [0.25, 0.3) is 0 Å². The van der Waals surface area contributed by atoms with Gasteiger partial charge in [-0.3, -0.25) is 14.5 Å². The molecule has 0 aromatic heterocycles. The summed E-state index contributed by atoms with van der Waals surface area (Å²) < 4.78 is 0. The quantitative estimate of drug-likeness (QED) is 0.747. The molecule has 0 fully saturated rings. The maximum absolute atomic E-state index is 12.5. The molecule has 0 saturated carbocycles. The smallest absolute Gasteiger partial charge is 0.322 e. The van der Waals surface area contributed by atoms with E-state index < -0.39 is 0 Å². The van der Waals surface area contributed by atoms with E-state index in [-0.39, 0.29) is 43.4 Å². The Labute approximate surface area is 169 Å². The van der Waals surface area contributed by atoms with Crippen molar-refractivity contribution in [3.8, 4) is 0 Å². The summed E-state index contributed by atoms with van der Waals surface area (Å²) in [5, 5.41) is 8.58. The molecule has 0 bridgehead atoms. The number of hydrogen-bond acceptors (Lipinski definition) is 3. The molecule has 3 N–H and O–H groups in total. The fourth-order valence-corrected chi connectivity index (χ4v) is 3.96. The van der Waals surface area contributed by atoms with Crippen molar-refractivity contribution in [2.75, 3.05) is 23.3 Å². The summed E-state index contributed by atoms with van der Waals surface area (Å²) >= 11 is 0. The zero-order chi connectivity index (χ0) is 20.2. The molecule has 2 aromatic rings. The molecule has 7 heteroatoms. The molecule has 0 unspecified atom stereocenters. The summed E-state index contributed by atoms with van der Waals surface area (Å²) in [6.45, 7) is 0.160. The Balaban J connectivity index is 1.30. The second-order valence-corrected chi connectivity index (χ2v) is 7.34. The largest absolute Gasteiger partial charge is 0.349 e. The first-order chi connectivity index (χ1) is 14.1. The van der Waals surface area contributed by atoms with Crippen molar-refractivity contribution in [2.45, 2.75) is 31.7 Å². The van der Waals surface area contributed by atoms with Gasteiger partial charge in [-0.2, -0.15) is 0 Å². The number of nitrogens with zero attached hydrogens (tertiary/aromatic N) is 1. The molecule has 4 rings (SSSR count). The monoisotopic (exact) mass is 392 g/mol. The van der Waals surface area contributed by atoms with E-state index in [0.29, 0.717) is 11.4 Å². The zero-order valence-corrected chi connectivity index (χ0v) is 16.1. The minimum Gasteiger partial charge on any atom is -0.349 e. The number of urea groups is 1. The summed E-state index contributed by atoms with van der Waals surface area (Å²) in [7, 11) is 0. The number of carbonyl (C=O) groups is 3. The third kappa shape index (κ3) is 4.23. The summed E-state index contributed by atoms with van der Waals surface area (Å²) in [5.41, 5.74) is 3.73. The summed E-state index contributed by atoms with van der Waals surface area (Å²) in [6.07, 6.45) is 3.21. The van der Waals surface area contributed by atoms with Crippen LogP contribution in [-0.4, -0.2) is 30.9 Å². The summed E-state index contributed by atoms with van der Waals surface area (Å²) in [4.78, 5) is 38.2. The van der Waals surface area contributed by atoms with Crippen LogP contribution in [-0.2, 0) is 16.0 Å². The molecule has 0 spiro atoms. The highest BCUT2D eigenvalue weighted by Gasteiger charge is 2.26. The Morgan fingerprint density at radius 2 is 1.90 bits per heavy atom. The fourth-order valence-electron chi connectivity index (χ4n) is 3.96. The van der Waals surface area contributed by atoms with Crippen LogP contribution in [0.3, 0.4) is 0 Å². The molecule has 2 aliphatic rings. The van der Waals surface area contributed by atoms with Gasteiger partial charge in [-0.05, 0) is 42.5 Å². The topological polar surface area (TPSA) is 90.5 Å². The van der Waals surface area contributed by atoms with Crippen molar-refractivity contribution < 1.29 is 14.4 Å². The van der Waals surface area contributed by atoms with Gasteiger partial charge in [0.2, 0.25) is 11.8 Å². The van der Waals surface area contributed by atoms with E-state index in [4.69, 9.17) is 0 Å².